The third-order valence-electron chi connectivity index (χ3n) is 5.21. The molecule has 1 heterocycles. The second-order valence-corrected chi connectivity index (χ2v) is 8.39. The normalized spacial score (nSPS) is 15.5. The van der Waals surface area contributed by atoms with Crippen molar-refractivity contribution >= 4 is 23.4 Å². The van der Waals surface area contributed by atoms with E-state index >= 15 is 0 Å². The third kappa shape index (κ3) is 3.69. The van der Waals surface area contributed by atoms with Crippen molar-refractivity contribution in [2.24, 2.45) is 0 Å². The molecule has 1 fully saturated rings. The molecule has 0 spiro atoms. The van der Waals surface area contributed by atoms with Gasteiger partial charge in [-0.2, -0.15) is 0 Å². The highest BCUT2D eigenvalue weighted by molar-refractivity contribution is 8.01. The lowest BCUT2D eigenvalue weighted by atomic mass is 10.1. The number of amides is 1. The Morgan fingerprint density at radius 2 is 1.68 bits per heavy atom. The summed E-state index contributed by atoms with van der Waals surface area (Å²) < 4.78 is 1.61. The van der Waals surface area contributed by atoms with Gasteiger partial charge in [-0.3, -0.25) is 4.79 Å². The van der Waals surface area contributed by atoms with Crippen molar-refractivity contribution in [2.75, 3.05) is 5.32 Å². The van der Waals surface area contributed by atoms with E-state index in [4.69, 9.17) is 0 Å². The molecule has 0 unspecified atom stereocenters. The molecule has 3 aromatic rings. The van der Waals surface area contributed by atoms with Crippen LogP contribution in [0.4, 0.5) is 5.69 Å². The lowest BCUT2D eigenvalue weighted by molar-refractivity contribution is -0.118. The molecule has 0 bridgehead atoms. The molecule has 28 heavy (non-hydrogen) atoms. The third-order valence-corrected chi connectivity index (χ3v) is 6.68. The summed E-state index contributed by atoms with van der Waals surface area (Å²) in [5, 5.41) is 12.8. The van der Waals surface area contributed by atoms with E-state index < -0.39 is 4.75 Å². The summed E-state index contributed by atoms with van der Waals surface area (Å²) in [6.07, 6.45) is 3.82. The molecule has 1 aliphatic carbocycles. The molecule has 144 valence electrons. The monoisotopic (exact) mass is 392 g/mol. The maximum atomic E-state index is 13.2. The first-order valence-corrected chi connectivity index (χ1v) is 10.6. The molecule has 1 aromatic heterocycles. The van der Waals surface area contributed by atoms with Gasteiger partial charge in [0.15, 0.2) is 11.0 Å². The van der Waals surface area contributed by atoms with Gasteiger partial charge in [-0.1, -0.05) is 73.1 Å². The van der Waals surface area contributed by atoms with Crippen LogP contribution >= 0.6 is 11.8 Å². The van der Waals surface area contributed by atoms with Crippen LogP contribution in [0.15, 0.2) is 65.8 Å². The second kappa shape index (κ2) is 8.19. The van der Waals surface area contributed by atoms with E-state index in [9.17, 15) is 4.79 Å². The van der Waals surface area contributed by atoms with Crippen molar-refractivity contribution in [3.8, 4) is 11.4 Å². The Morgan fingerprint density at radius 3 is 2.32 bits per heavy atom. The van der Waals surface area contributed by atoms with Gasteiger partial charge in [0.25, 0.3) is 0 Å². The first-order chi connectivity index (χ1) is 13.7. The largest absolute Gasteiger partial charge is 0.325 e. The van der Waals surface area contributed by atoms with E-state index in [1.54, 1.807) is 11.8 Å². The van der Waals surface area contributed by atoms with E-state index in [-0.39, 0.29) is 5.91 Å². The SMILES string of the molecule is CCn1c(SC2(C(=O)Nc3ccccc3)CCCC2)nnc1-c1ccccc1. The number of nitrogens with one attached hydrogen (secondary N) is 1. The van der Waals surface area contributed by atoms with Crippen molar-refractivity contribution < 1.29 is 4.79 Å². The van der Waals surface area contributed by atoms with E-state index in [1.165, 1.54) is 0 Å². The Bertz CT molecular complexity index is 934. The molecule has 1 saturated carbocycles. The Kier molecular flexibility index (Phi) is 5.48. The highest BCUT2D eigenvalue weighted by Crippen LogP contribution is 2.46. The Morgan fingerprint density at radius 1 is 1.04 bits per heavy atom. The van der Waals surface area contributed by atoms with Gasteiger partial charge in [-0.15, -0.1) is 10.2 Å². The highest BCUT2D eigenvalue weighted by atomic mass is 32.2. The number of benzene rings is 2. The first-order valence-electron chi connectivity index (χ1n) is 9.76. The number of hydrogen-bond donors (Lipinski definition) is 1. The molecular weight excluding hydrogens is 368 g/mol. The van der Waals surface area contributed by atoms with Crippen LogP contribution in [0, 0.1) is 0 Å². The van der Waals surface area contributed by atoms with Crippen LogP contribution in [0.3, 0.4) is 0 Å². The standard InChI is InChI=1S/C22H24N4OS/c1-2-26-19(17-11-5-3-6-12-17)24-25-21(26)28-22(15-9-10-16-22)20(27)23-18-13-7-4-8-14-18/h3-8,11-14H,2,9-10,15-16H2,1H3,(H,23,27). The number of rotatable bonds is 6. The average molecular weight is 393 g/mol. The Balaban J connectivity index is 1.62. The number of para-hydroxylation sites is 1. The van der Waals surface area contributed by atoms with Gasteiger partial charge in [0, 0.05) is 17.8 Å². The van der Waals surface area contributed by atoms with E-state index in [1.807, 2.05) is 60.7 Å². The molecule has 1 amide bonds. The van der Waals surface area contributed by atoms with Crippen LogP contribution in [-0.2, 0) is 11.3 Å². The number of carbonyl (C=O) groups is 1. The van der Waals surface area contributed by atoms with E-state index in [2.05, 4.69) is 27.0 Å². The lowest BCUT2D eigenvalue weighted by Gasteiger charge is -2.26. The van der Waals surface area contributed by atoms with Crippen molar-refractivity contribution in [3.63, 3.8) is 0 Å². The highest BCUT2D eigenvalue weighted by Gasteiger charge is 2.43. The fourth-order valence-electron chi connectivity index (χ4n) is 3.71. The maximum absolute atomic E-state index is 13.2. The number of anilines is 1. The van der Waals surface area contributed by atoms with Gasteiger partial charge in [0.1, 0.15) is 4.75 Å². The quantitative estimate of drug-likeness (QED) is 0.641. The molecular formula is C22H24N4OS. The minimum Gasteiger partial charge on any atom is -0.325 e. The molecule has 6 heteroatoms. The summed E-state index contributed by atoms with van der Waals surface area (Å²) in [5.74, 6) is 0.912. The predicted molar refractivity (Wildman–Crippen MR) is 113 cm³/mol. The van der Waals surface area contributed by atoms with Gasteiger partial charge in [0.05, 0.1) is 0 Å². The van der Waals surface area contributed by atoms with Crippen LogP contribution in [0.5, 0.6) is 0 Å². The number of aromatic nitrogens is 3. The van der Waals surface area contributed by atoms with Crippen LogP contribution in [0.2, 0.25) is 0 Å². The fourth-order valence-corrected chi connectivity index (χ4v) is 5.11. The Hall–Kier alpha value is -2.60. The lowest BCUT2D eigenvalue weighted by Crippen LogP contribution is -2.37. The van der Waals surface area contributed by atoms with E-state index in [0.29, 0.717) is 0 Å². The van der Waals surface area contributed by atoms with Crippen LogP contribution < -0.4 is 5.32 Å². The fraction of sp³-hybridized carbons (Fsp3) is 0.318. The van der Waals surface area contributed by atoms with Crippen molar-refractivity contribution in [1.29, 1.82) is 0 Å². The van der Waals surface area contributed by atoms with Gasteiger partial charge in [0.2, 0.25) is 5.91 Å². The first kappa shape index (κ1) is 18.7. The van der Waals surface area contributed by atoms with Crippen molar-refractivity contribution in [3.05, 3.63) is 60.7 Å². The average Bonchev–Trinajstić information content (AvgIpc) is 3.37. The number of thioether (sulfide) groups is 1. The predicted octanol–water partition coefficient (Wildman–Crippen LogP) is 5.01. The number of carbonyl (C=O) groups excluding carboxylic acids is 1. The minimum atomic E-state index is -0.496. The van der Waals surface area contributed by atoms with Crippen LogP contribution in [0.1, 0.15) is 32.6 Å². The summed E-state index contributed by atoms with van der Waals surface area (Å²) in [6, 6.07) is 19.7. The van der Waals surface area contributed by atoms with Gasteiger partial charge in [-0.25, -0.2) is 0 Å². The number of nitrogens with zero attached hydrogens (tertiary/aromatic N) is 3. The number of hydrogen-bond acceptors (Lipinski definition) is 4. The van der Waals surface area contributed by atoms with Gasteiger partial charge < -0.3 is 9.88 Å². The summed E-state index contributed by atoms with van der Waals surface area (Å²) in [6.45, 7) is 2.85. The molecule has 4 rings (SSSR count). The molecule has 1 N–H and O–H groups in total. The van der Waals surface area contributed by atoms with E-state index in [0.717, 1.165) is 54.5 Å². The topological polar surface area (TPSA) is 59.8 Å². The smallest absolute Gasteiger partial charge is 0.241 e. The zero-order chi connectivity index (χ0) is 19.4. The van der Waals surface area contributed by atoms with Gasteiger partial charge in [-0.05, 0) is 31.9 Å². The molecule has 0 saturated heterocycles. The molecule has 0 atom stereocenters. The maximum Gasteiger partial charge on any atom is 0.241 e. The molecule has 0 radical (unpaired) electrons. The molecule has 1 aliphatic rings. The summed E-state index contributed by atoms with van der Waals surface area (Å²) in [7, 11) is 0. The van der Waals surface area contributed by atoms with Gasteiger partial charge >= 0.3 is 0 Å². The Labute approximate surface area is 169 Å². The summed E-state index contributed by atoms with van der Waals surface area (Å²) in [5.41, 5.74) is 1.87. The van der Waals surface area contributed by atoms with Crippen LogP contribution in [-0.4, -0.2) is 25.4 Å². The molecule has 5 nitrogen and oxygen atoms in total. The zero-order valence-corrected chi connectivity index (χ0v) is 16.8. The minimum absolute atomic E-state index is 0.0631. The van der Waals surface area contributed by atoms with Crippen LogP contribution in [0.25, 0.3) is 11.4 Å². The molecule has 0 aliphatic heterocycles. The summed E-state index contributed by atoms with van der Waals surface area (Å²) >= 11 is 1.57. The second-order valence-electron chi connectivity index (χ2n) is 7.04. The van der Waals surface area contributed by atoms with Crippen molar-refractivity contribution in [2.45, 2.75) is 49.1 Å². The van der Waals surface area contributed by atoms with Crippen molar-refractivity contribution in [1.82, 2.24) is 14.8 Å². The zero-order valence-electron chi connectivity index (χ0n) is 16.0. The molecule has 2 aromatic carbocycles. The summed E-state index contributed by atoms with van der Waals surface area (Å²) in [4.78, 5) is 13.2.